The molecule has 3 aromatic carbocycles. The molecule has 0 aromatic heterocycles. The number of morpholine rings is 1. The van der Waals surface area contributed by atoms with Gasteiger partial charge in [0, 0.05) is 15.9 Å². The van der Waals surface area contributed by atoms with Crippen LogP contribution in [-0.4, -0.2) is 44.2 Å². The zero-order valence-electron chi connectivity index (χ0n) is 18.9. The third kappa shape index (κ3) is 5.99. The second-order valence-electron chi connectivity index (χ2n) is 8.14. The number of rotatable bonds is 8. The first-order valence-electron chi connectivity index (χ1n) is 11.4. The molecule has 1 atom stereocenters. The number of hydrogen-bond acceptors (Lipinski definition) is 4. The minimum Gasteiger partial charge on any atom is -0.378 e. The molecule has 4 rings (SSSR count). The summed E-state index contributed by atoms with van der Waals surface area (Å²) in [4.78, 5) is 28.3. The molecule has 3 aromatic rings. The lowest BCUT2D eigenvalue weighted by Gasteiger charge is -2.31. The molecule has 0 bridgehead atoms. The second-order valence-corrected chi connectivity index (χ2v) is 8.14. The Morgan fingerprint density at radius 3 is 2.38 bits per heavy atom. The number of nitrogens with zero attached hydrogens (tertiary/aromatic N) is 1. The van der Waals surface area contributed by atoms with Crippen LogP contribution in [-0.2, 0) is 16.0 Å². The Labute approximate surface area is 201 Å². The summed E-state index contributed by atoms with van der Waals surface area (Å²) < 4.78 is 19.6. The third-order valence-electron chi connectivity index (χ3n) is 5.82. The van der Waals surface area contributed by atoms with Gasteiger partial charge < -0.3 is 20.3 Å². The van der Waals surface area contributed by atoms with Crippen LogP contribution in [0.2, 0.25) is 0 Å². The first-order valence-corrected chi connectivity index (χ1v) is 11.4. The van der Waals surface area contributed by atoms with Crippen LogP contribution < -0.4 is 15.5 Å². The number of carbonyl (C=O) groups is 2. The van der Waals surface area contributed by atoms with Crippen LogP contribution in [0.1, 0.15) is 25.2 Å². The molecule has 1 fully saturated rings. The highest BCUT2D eigenvalue weighted by atomic mass is 19.1. The van der Waals surface area contributed by atoms with Gasteiger partial charge in [0.15, 0.2) is 0 Å². The van der Waals surface area contributed by atoms with Gasteiger partial charge in [-0.15, -0.1) is 0 Å². The molecule has 1 aliphatic rings. The zero-order chi connectivity index (χ0) is 23.8. The molecule has 1 heterocycles. The SMILES string of the molecule is O=C(NC(CCc1ccccc1)C(=O)Nc1ccccc1N1CCOCC1)c1ccccc1F.[HH].[HH]. The monoisotopic (exact) mass is 465 g/mol. The maximum Gasteiger partial charge on any atom is 0.254 e. The van der Waals surface area contributed by atoms with Crippen molar-refractivity contribution in [3.05, 3.63) is 95.8 Å². The summed E-state index contributed by atoms with van der Waals surface area (Å²) in [6.07, 6.45) is 0.956. The lowest BCUT2D eigenvalue weighted by molar-refractivity contribution is -0.118. The number of hydrogen-bond donors (Lipinski definition) is 2. The van der Waals surface area contributed by atoms with E-state index in [2.05, 4.69) is 15.5 Å². The fourth-order valence-electron chi connectivity index (χ4n) is 3.99. The largest absolute Gasteiger partial charge is 0.378 e. The van der Waals surface area contributed by atoms with E-state index in [9.17, 15) is 14.0 Å². The fraction of sp³-hybridized carbons (Fsp3) is 0.259. The number of ether oxygens (including phenoxy) is 1. The minimum atomic E-state index is -0.843. The summed E-state index contributed by atoms with van der Waals surface area (Å²) in [7, 11) is 0. The van der Waals surface area contributed by atoms with Crippen LogP contribution in [0.25, 0.3) is 0 Å². The van der Waals surface area contributed by atoms with Gasteiger partial charge in [-0.1, -0.05) is 54.6 Å². The van der Waals surface area contributed by atoms with Crippen molar-refractivity contribution in [1.82, 2.24) is 5.32 Å². The fourth-order valence-corrected chi connectivity index (χ4v) is 3.99. The lowest BCUT2D eigenvalue weighted by Crippen LogP contribution is -2.44. The summed E-state index contributed by atoms with van der Waals surface area (Å²) >= 11 is 0. The van der Waals surface area contributed by atoms with E-state index in [1.807, 2.05) is 54.6 Å². The van der Waals surface area contributed by atoms with Crippen molar-refractivity contribution in [3.63, 3.8) is 0 Å². The van der Waals surface area contributed by atoms with E-state index in [0.717, 1.165) is 24.3 Å². The summed E-state index contributed by atoms with van der Waals surface area (Å²) in [6, 6.07) is 22.2. The quantitative estimate of drug-likeness (QED) is 0.513. The van der Waals surface area contributed by atoms with Crippen molar-refractivity contribution in [2.75, 3.05) is 36.5 Å². The summed E-state index contributed by atoms with van der Waals surface area (Å²) in [5.41, 5.74) is 2.53. The van der Waals surface area contributed by atoms with E-state index in [1.54, 1.807) is 6.07 Å². The molecular weight excluding hydrogens is 433 g/mol. The van der Waals surface area contributed by atoms with Gasteiger partial charge in [-0.2, -0.15) is 0 Å². The van der Waals surface area contributed by atoms with Crippen LogP contribution >= 0.6 is 0 Å². The van der Waals surface area contributed by atoms with Crippen molar-refractivity contribution in [3.8, 4) is 0 Å². The highest BCUT2D eigenvalue weighted by Gasteiger charge is 2.24. The van der Waals surface area contributed by atoms with Crippen LogP contribution in [0, 0.1) is 5.82 Å². The highest BCUT2D eigenvalue weighted by Crippen LogP contribution is 2.26. The van der Waals surface area contributed by atoms with Crippen LogP contribution in [0.5, 0.6) is 0 Å². The molecular formula is C27H32FN3O3. The molecule has 0 aliphatic carbocycles. The first-order chi connectivity index (χ1) is 16.6. The maximum absolute atomic E-state index is 14.2. The van der Waals surface area contributed by atoms with Crippen molar-refractivity contribution >= 4 is 23.2 Å². The van der Waals surface area contributed by atoms with Crippen LogP contribution in [0.15, 0.2) is 78.9 Å². The number of aryl methyl sites for hydroxylation is 1. The number of anilines is 2. The maximum atomic E-state index is 14.2. The molecule has 2 N–H and O–H groups in total. The molecule has 34 heavy (non-hydrogen) atoms. The Morgan fingerprint density at radius 1 is 0.941 bits per heavy atom. The Hall–Kier alpha value is -3.71. The third-order valence-corrected chi connectivity index (χ3v) is 5.82. The average Bonchev–Trinajstić information content (AvgIpc) is 2.88. The normalized spacial score (nSPS) is 14.3. The van der Waals surface area contributed by atoms with E-state index >= 15 is 0 Å². The van der Waals surface area contributed by atoms with Crippen LogP contribution in [0.4, 0.5) is 15.8 Å². The molecule has 6 nitrogen and oxygen atoms in total. The predicted molar refractivity (Wildman–Crippen MR) is 135 cm³/mol. The minimum absolute atomic E-state index is 0. The van der Waals surface area contributed by atoms with Crippen molar-refractivity contribution in [2.45, 2.75) is 18.9 Å². The molecule has 0 spiro atoms. The Balaban J connectivity index is 0.00000228. The van der Waals surface area contributed by atoms with E-state index in [-0.39, 0.29) is 14.3 Å². The highest BCUT2D eigenvalue weighted by molar-refractivity contribution is 6.02. The molecule has 1 aliphatic heterocycles. The topological polar surface area (TPSA) is 70.7 Å². The van der Waals surface area contributed by atoms with E-state index in [1.165, 1.54) is 18.2 Å². The molecule has 0 radical (unpaired) electrons. The molecule has 2 amide bonds. The predicted octanol–water partition coefficient (Wildman–Crippen LogP) is 4.52. The number of nitrogens with one attached hydrogen (secondary N) is 2. The Morgan fingerprint density at radius 2 is 1.62 bits per heavy atom. The van der Waals surface area contributed by atoms with E-state index < -0.39 is 17.8 Å². The molecule has 7 heteroatoms. The number of para-hydroxylation sites is 2. The van der Waals surface area contributed by atoms with Gasteiger partial charge in [0.25, 0.3) is 5.91 Å². The average molecular weight is 466 g/mol. The van der Waals surface area contributed by atoms with E-state index in [4.69, 9.17) is 4.74 Å². The van der Waals surface area contributed by atoms with Gasteiger partial charge in [-0.25, -0.2) is 4.39 Å². The molecule has 180 valence electrons. The van der Waals surface area contributed by atoms with Crippen molar-refractivity contribution < 1.29 is 21.6 Å². The van der Waals surface area contributed by atoms with Gasteiger partial charge in [0.1, 0.15) is 11.9 Å². The van der Waals surface area contributed by atoms with E-state index in [0.29, 0.717) is 31.7 Å². The summed E-state index contributed by atoms with van der Waals surface area (Å²) in [6.45, 7) is 2.71. The van der Waals surface area contributed by atoms with Gasteiger partial charge in [0.2, 0.25) is 5.91 Å². The van der Waals surface area contributed by atoms with Crippen LogP contribution in [0.3, 0.4) is 0 Å². The number of benzene rings is 3. The van der Waals surface area contributed by atoms with Crippen molar-refractivity contribution in [1.29, 1.82) is 0 Å². The number of carbonyl (C=O) groups excluding carboxylic acids is 2. The summed E-state index contributed by atoms with van der Waals surface area (Å²) in [5, 5.41) is 5.72. The Kier molecular flexibility index (Phi) is 7.88. The van der Waals surface area contributed by atoms with Gasteiger partial charge in [-0.3, -0.25) is 9.59 Å². The molecule has 0 saturated carbocycles. The number of halogens is 1. The number of amides is 2. The van der Waals surface area contributed by atoms with Gasteiger partial charge in [0.05, 0.1) is 30.2 Å². The van der Waals surface area contributed by atoms with Crippen molar-refractivity contribution in [2.24, 2.45) is 0 Å². The summed E-state index contributed by atoms with van der Waals surface area (Å²) in [5.74, 6) is -1.59. The van der Waals surface area contributed by atoms with Gasteiger partial charge in [-0.05, 0) is 42.7 Å². The standard InChI is InChI=1S/C27H28FN3O3.2H2/c28-22-11-5-4-10-21(22)26(32)30-24(15-14-20-8-2-1-3-9-20)27(33)29-23-12-6-7-13-25(23)31-16-18-34-19-17-31;;/h1-13,24H,14-19H2,(H,29,33)(H,30,32);2*1H. The zero-order valence-corrected chi connectivity index (χ0v) is 18.9. The lowest BCUT2D eigenvalue weighted by atomic mass is 10.0. The Bertz CT molecular complexity index is 1130. The van der Waals surface area contributed by atoms with Gasteiger partial charge >= 0.3 is 0 Å². The second kappa shape index (κ2) is 11.4. The molecule has 1 saturated heterocycles. The molecule has 1 unspecified atom stereocenters. The smallest absolute Gasteiger partial charge is 0.254 e. The first kappa shape index (κ1) is 23.4.